The first-order chi connectivity index (χ1) is 9.50. The summed E-state index contributed by atoms with van der Waals surface area (Å²) >= 11 is 6.12. The second-order valence-corrected chi connectivity index (χ2v) is 4.96. The van der Waals surface area contributed by atoms with Gasteiger partial charge in [0.2, 0.25) is 5.60 Å². The summed E-state index contributed by atoms with van der Waals surface area (Å²) in [7, 11) is 1.23. The highest BCUT2D eigenvalue weighted by Crippen LogP contribution is 2.35. The maximum Gasteiger partial charge on any atom is 0.347 e. The van der Waals surface area contributed by atoms with Crippen LogP contribution in [0.2, 0.25) is 5.02 Å². The molecule has 1 atom stereocenters. The molecule has 0 heterocycles. The van der Waals surface area contributed by atoms with Gasteiger partial charge in [-0.25, -0.2) is 4.79 Å². The molecule has 0 amide bonds. The molecule has 4 heteroatoms. The van der Waals surface area contributed by atoms with Crippen molar-refractivity contribution in [2.24, 2.45) is 0 Å². The summed E-state index contributed by atoms with van der Waals surface area (Å²) in [6, 6.07) is 13.7. The molecule has 0 fully saturated rings. The van der Waals surface area contributed by atoms with Crippen molar-refractivity contribution in [3.8, 4) is 0 Å². The molecular weight excluding hydrogens is 276 g/mol. The third-order valence-electron chi connectivity index (χ3n) is 3.21. The topological polar surface area (TPSA) is 46.5 Å². The molecule has 0 radical (unpaired) electrons. The Morgan fingerprint density at radius 1 is 1.15 bits per heavy atom. The molecule has 20 heavy (non-hydrogen) atoms. The van der Waals surface area contributed by atoms with Crippen LogP contribution in [0.4, 0.5) is 0 Å². The number of hydrogen-bond donors (Lipinski definition) is 1. The fourth-order valence-corrected chi connectivity index (χ4v) is 2.35. The summed E-state index contributed by atoms with van der Waals surface area (Å²) in [5.41, 5.74) is -0.165. The third kappa shape index (κ3) is 2.42. The van der Waals surface area contributed by atoms with E-state index in [1.165, 1.54) is 7.11 Å². The van der Waals surface area contributed by atoms with Crippen LogP contribution in [0.5, 0.6) is 0 Å². The average molecular weight is 291 g/mol. The zero-order valence-electron chi connectivity index (χ0n) is 11.3. The lowest BCUT2D eigenvalue weighted by Gasteiger charge is -2.27. The summed E-state index contributed by atoms with van der Waals surface area (Å²) in [5.74, 6) is -0.769. The summed E-state index contributed by atoms with van der Waals surface area (Å²) in [4.78, 5) is 12.1. The molecule has 2 rings (SSSR count). The Hall–Kier alpha value is -1.84. The van der Waals surface area contributed by atoms with Gasteiger partial charge < -0.3 is 9.84 Å². The van der Waals surface area contributed by atoms with E-state index in [1.807, 2.05) is 19.1 Å². The Morgan fingerprint density at radius 2 is 1.75 bits per heavy atom. The van der Waals surface area contributed by atoms with Gasteiger partial charge in [-0.2, -0.15) is 0 Å². The predicted octanol–water partition coefficient (Wildman–Crippen LogP) is 3.06. The second kappa shape index (κ2) is 5.65. The number of ether oxygens (including phenoxy) is 1. The fourth-order valence-electron chi connectivity index (χ4n) is 2.08. The normalized spacial score (nSPS) is 13.6. The van der Waals surface area contributed by atoms with Gasteiger partial charge in [0.15, 0.2) is 0 Å². The number of aryl methyl sites for hydroxylation is 1. The molecular formula is C16H15ClO3. The summed E-state index contributed by atoms with van der Waals surface area (Å²) in [6.45, 7) is 1.93. The van der Waals surface area contributed by atoms with E-state index in [0.717, 1.165) is 5.56 Å². The smallest absolute Gasteiger partial charge is 0.347 e. The van der Waals surface area contributed by atoms with Crippen LogP contribution in [0.1, 0.15) is 16.7 Å². The monoisotopic (exact) mass is 290 g/mol. The van der Waals surface area contributed by atoms with Gasteiger partial charge in [0, 0.05) is 10.6 Å². The Balaban J connectivity index is 2.66. The van der Waals surface area contributed by atoms with Crippen LogP contribution in [0.3, 0.4) is 0 Å². The van der Waals surface area contributed by atoms with Crippen molar-refractivity contribution in [2.45, 2.75) is 12.5 Å². The zero-order valence-corrected chi connectivity index (χ0v) is 12.0. The van der Waals surface area contributed by atoms with Gasteiger partial charge in [0.1, 0.15) is 0 Å². The molecule has 2 aromatic carbocycles. The predicted molar refractivity (Wildman–Crippen MR) is 77.6 cm³/mol. The van der Waals surface area contributed by atoms with Gasteiger partial charge in [0.05, 0.1) is 7.11 Å². The summed E-state index contributed by atoms with van der Waals surface area (Å²) in [6.07, 6.45) is 0. The average Bonchev–Trinajstić information content (AvgIpc) is 2.46. The van der Waals surface area contributed by atoms with Gasteiger partial charge in [-0.3, -0.25) is 0 Å². The molecule has 3 nitrogen and oxygen atoms in total. The maximum absolute atomic E-state index is 12.1. The van der Waals surface area contributed by atoms with Gasteiger partial charge in [-0.05, 0) is 18.6 Å². The van der Waals surface area contributed by atoms with E-state index >= 15 is 0 Å². The van der Waals surface area contributed by atoms with Crippen molar-refractivity contribution in [1.29, 1.82) is 0 Å². The van der Waals surface area contributed by atoms with Crippen LogP contribution in [0.15, 0.2) is 48.5 Å². The lowest BCUT2D eigenvalue weighted by atomic mass is 9.86. The van der Waals surface area contributed by atoms with Crippen molar-refractivity contribution in [2.75, 3.05) is 7.11 Å². The number of esters is 1. The first-order valence-corrected chi connectivity index (χ1v) is 6.51. The molecule has 0 aromatic heterocycles. The highest BCUT2D eigenvalue weighted by atomic mass is 35.5. The highest BCUT2D eigenvalue weighted by Gasteiger charge is 2.42. The van der Waals surface area contributed by atoms with Crippen LogP contribution in [-0.2, 0) is 15.1 Å². The molecule has 0 aliphatic rings. The highest BCUT2D eigenvalue weighted by molar-refractivity contribution is 6.31. The SMILES string of the molecule is COC(=O)C(O)(c1ccc(C)cc1)c1ccccc1Cl. The Kier molecular flexibility index (Phi) is 4.12. The number of rotatable bonds is 3. The number of halogens is 1. The largest absolute Gasteiger partial charge is 0.466 e. The Bertz CT molecular complexity index is 622. The molecule has 1 unspecified atom stereocenters. The maximum atomic E-state index is 12.1. The number of carbonyl (C=O) groups excluding carboxylic acids is 1. The molecule has 0 saturated carbocycles. The van der Waals surface area contributed by atoms with Crippen molar-refractivity contribution in [1.82, 2.24) is 0 Å². The Labute approximate surface area is 122 Å². The van der Waals surface area contributed by atoms with Crippen molar-refractivity contribution in [3.63, 3.8) is 0 Å². The molecule has 0 aliphatic carbocycles. The minimum Gasteiger partial charge on any atom is -0.466 e. The van der Waals surface area contributed by atoms with E-state index in [9.17, 15) is 9.90 Å². The third-order valence-corrected chi connectivity index (χ3v) is 3.54. The van der Waals surface area contributed by atoms with Crippen LogP contribution in [0, 0.1) is 6.92 Å². The quantitative estimate of drug-likeness (QED) is 0.884. The minimum atomic E-state index is -1.92. The van der Waals surface area contributed by atoms with Crippen LogP contribution >= 0.6 is 11.6 Å². The standard InChI is InChI=1S/C16H15ClO3/c1-11-7-9-12(10-8-11)16(19,15(18)20-2)13-5-3-4-6-14(13)17/h3-10,19H,1-2H3. The number of methoxy groups -OCH3 is 1. The van der Waals surface area contributed by atoms with Crippen molar-refractivity contribution >= 4 is 17.6 Å². The van der Waals surface area contributed by atoms with E-state index < -0.39 is 11.6 Å². The van der Waals surface area contributed by atoms with Crippen molar-refractivity contribution in [3.05, 3.63) is 70.2 Å². The van der Waals surface area contributed by atoms with Crippen molar-refractivity contribution < 1.29 is 14.6 Å². The summed E-state index contributed by atoms with van der Waals surface area (Å²) < 4.78 is 4.76. The number of carbonyl (C=O) groups is 1. The molecule has 0 spiro atoms. The fraction of sp³-hybridized carbons (Fsp3) is 0.188. The van der Waals surface area contributed by atoms with E-state index in [2.05, 4.69) is 0 Å². The van der Waals surface area contributed by atoms with E-state index in [4.69, 9.17) is 16.3 Å². The second-order valence-electron chi connectivity index (χ2n) is 4.55. The number of benzene rings is 2. The molecule has 0 bridgehead atoms. The van der Waals surface area contributed by atoms with Gasteiger partial charge in [0.25, 0.3) is 0 Å². The zero-order chi connectivity index (χ0) is 14.8. The van der Waals surface area contributed by atoms with E-state index in [1.54, 1.807) is 36.4 Å². The van der Waals surface area contributed by atoms with Crippen LogP contribution in [0.25, 0.3) is 0 Å². The molecule has 1 N–H and O–H groups in total. The first-order valence-electron chi connectivity index (χ1n) is 6.13. The first kappa shape index (κ1) is 14.6. The Morgan fingerprint density at radius 3 is 2.30 bits per heavy atom. The molecule has 0 aliphatic heterocycles. The minimum absolute atomic E-state index is 0.303. The lowest BCUT2D eigenvalue weighted by molar-refractivity contribution is -0.158. The van der Waals surface area contributed by atoms with Gasteiger partial charge in [-0.1, -0.05) is 59.6 Å². The summed E-state index contributed by atoms with van der Waals surface area (Å²) in [5, 5.41) is 11.2. The molecule has 0 saturated heterocycles. The number of hydrogen-bond acceptors (Lipinski definition) is 3. The van der Waals surface area contributed by atoms with E-state index in [0.29, 0.717) is 16.1 Å². The number of aliphatic hydroxyl groups is 1. The van der Waals surface area contributed by atoms with Gasteiger partial charge >= 0.3 is 5.97 Å². The van der Waals surface area contributed by atoms with E-state index in [-0.39, 0.29) is 0 Å². The van der Waals surface area contributed by atoms with Crippen LogP contribution in [-0.4, -0.2) is 18.2 Å². The molecule has 104 valence electrons. The van der Waals surface area contributed by atoms with Crippen LogP contribution < -0.4 is 0 Å². The molecule has 2 aromatic rings. The van der Waals surface area contributed by atoms with Gasteiger partial charge in [-0.15, -0.1) is 0 Å². The lowest BCUT2D eigenvalue weighted by Crippen LogP contribution is -2.38.